The molecule has 4 nitrogen and oxygen atoms in total. The third kappa shape index (κ3) is 3.00. The summed E-state index contributed by atoms with van der Waals surface area (Å²) in [7, 11) is 2.97. The van der Waals surface area contributed by atoms with Gasteiger partial charge < -0.3 is 15.2 Å². The summed E-state index contributed by atoms with van der Waals surface area (Å²) >= 11 is 3.30. The standard InChI is InChI=1S/C15H13BrFNO3/c1-20-13-6-9(11(16)7-14(13)21-2)15(19)10-5-8(17)3-4-12(10)18/h3-7H,18H2,1-2H3. The third-order valence-electron chi connectivity index (χ3n) is 2.98. The monoisotopic (exact) mass is 353 g/mol. The Hall–Kier alpha value is -2.08. The zero-order valence-electron chi connectivity index (χ0n) is 11.4. The van der Waals surface area contributed by atoms with Gasteiger partial charge in [0, 0.05) is 21.3 Å². The Labute approximate surface area is 129 Å². The number of hydrogen-bond donors (Lipinski definition) is 1. The molecule has 0 aliphatic carbocycles. The van der Waals surface area contributed by atoms with Crippen LogP contribution in [-0.4, -0.2) is 20.0 Å². The van der Waals surface area contributed by atoms with Crippen LogP contribution < -0.4 is 15.2 Å². The number of hydrogen-bond acceptors (Lipinski definition) is 4. The van der Waals surface area contributed by atoms with Crippen LogP contribution in [0.4, 0.5) is 10.1 Å². The molecule has 6 heteroatoms. The highest BCUT2D eigenvalue weighted by atomic mass is 79.9. The van der Waals surface area contributed by atoms with Crippen molar-refractivity contribution in [3.63, 3.8) is 0 Å². The van der Waals surface area contributed by atoms with Crippen LogP contribution in [-0.2, 0) is 0 Å². The summed E-state index contributed by atoms with van der Waals surface area (Å²) in [4.78, 5) is 12.5. The molecule has 0 heterocycles. The van der Waals surface area contributed by atoms with Crippen molar-refractivity contribution in [2.24, 2.45) is 0 Å². The highest BCUT2D eigenvalue weighted by molar-refractivity contribution is 9.10. The number of methoxy groups -OCH3 is 2. The lowest BCUT2D eigenvalue weighted by Crippen LogP contribution is -2.07. The van der Waals surface area contributed by atoms with Crippen molar-refractivity contribution in [3.8, 4) is 11.5 Å². The van der Waals surface area contributed by atoms with Crippen molar-refractivity contribution in [1.29, 1.82) is 0 Å². The number of nitrogen functional groups attached to an aromatic ring is 1. The molecule has 2 N–H and O–H groups in total. The quantitative estimate of drug-likeness (QED) is 0.675. The van der Waals surface area contributed by atoms with E-state index in [1.165, 1.54) is 32.4 Å². The Morgan fingerprint density at radius 2 is 1.71 bits per heavy atom. The molecular formula is C15H13BrFNO3. The van der Waals surface area contributed by atoms with E-state index < -0.39 is 11.6 Å². The fourth-order valence-corrected chi connectivity index (χ4v) is 2.40. The Morgan fingerprint density at radius 1 is 1.10 bits per heavy atom. The van der Waals surface area contributed by atoms with Gasteiger partial charge in [0.25, 0.3) is 0 Å². The molecule has 110 valence electrons. The number of carbonyl (C=O) groups excluding carboxylic acids is 1. The van der Waals surface area contributed by atoms with Crippen LogP contribution in [0, 0.1) is 5.82 Å². The molecule has 0 amide bonds. The van der Waals surface area contributed by atoms with Crippen molar-refractivity contribution in [3.05, 3.63) is 51.7 Å². The number of nitrogens with two attached hydrogens (primary N) is 1. The third-order valence-corrected chi connectivity index (χ3v) is 3.63. The van der Waals surface area contributed by atoms with E-state index in [2.05, 4.69) is 15.9 Å². The largest absolute Gasteiger partial charge is 0.493 e. The maximum absolute atomic E-state index is 13.3. The average molecular weight is 354 g/mol. The summed E-state index contributed by atoms with van der Waals surface area (Å²) in [5.74, 6) is -0.0452. The summed E-state index contributed by atoms with van der Waals surface area (Å²) in [6, 6.07) is 6.81. The molecule has 0 aromatic heterocycles. The molecule has 2 rings (SSSR count). The van der Waals surface area contributed by atoms with Gasteiger partial charge in [0.05, 0.1) is 14.2 Å². The zero-order chi connectivity index (χ0) is 15.6. The van der Waals surface area contributed by atoms with Gasteiger partial charge in [-0.15, -0.1) is 0 Å². The number of carbonyl (C=O) groups is 1. The second-order valence-electron chi connectivity index (χ2n) is 4.25. The molecule has 0 atom stereocenters. The summed E-state index contributed by atoms with van der Waals surface area (Å²) in [5.41, 5.74) is 6.37. The summed E-state index contributed by atoms with van der Waals surface area (Å²) in [6.45, 7) is 0. The molecule has 0 fully saturated rings. The van der Waals surface area contributed by atoms with Crippen LogP contribution in [0.15, 0.2) is 34.8 Å². The van der Waals surface area contributed by atoms with Crippen molar-refractivity contribution in [2.45, 2.75) is 0 Å². The minimum absolute atomic E-state index is 0.0999. The fourth-order valence-electron chi connectivity index (χ4n) is 1.90. The first-order valence-electron chi connectivity index (χ1n) is 5.99. The van der Waals surface area contributed by atoms with Crippen LogP contribution in [0.2, 0.25) is 0 Å². The molecule has 21 heavy (non-hydrogen) atoms. The minimum atomic E-state index is -0.524. The molecule has 0 unspecified atom stereocenters. The number of benzene rings is 2. The van der Waals surface area contributed by atoms with Crippen molar-refractivity contribution in [2.75, 3.05) is 20.0 Å². The van der Waals surface area contributed by atoms with E-state index in [-0.39, 0.29) is 11.3 Å². The molecule has 0 saturated carbocycles. The molecule has 0 aliphatic heterocycles. The van der Waals surface area contributed by atoms with Gasteiger partial charge in [0.1, 0.15) is 5.82 Å². The van der Waals surface area contributed by atoms with E-state index in [1.807, 2.05) is 0 Å². The predicted octanol–water partition coefficient (Wildman–Crippen LogP) is 3.42. The molecular weight excluding hydrogens is 341 g/mol. The SMILES string of the molecule is COc1cc(Br)c(C(=O)c2cc(F)ccc2N)cc1OC. The molecule has 0 radical (unpaired) electrons. The Kier molecular flexibility index (Phi) is 4.47. The zero-order valence-corrected chi connectivity index (χ0v) is 13.0. The predicted molar refractivity (Wildman–Crippen MR) is 81.5 cm³/mol. The second-order valence-corrected chi connectivity index (χ2v) is 5.10. The van der Waals surface area contributed by atoms with Gasteiger partial charge >= 0.3 is 0 Å². The number of halogens is 2. The van der Waals surface area contributed by atoms with E-state index in [0.29, 0.717) is 21.5 Å². The summed E-state index contributed by atoms with van der Waals surface area (Å²) in [5, 5.41) is 0. The van der Waals surface area contributed by atoms with Gasteiger partial charge in [0.2, 0.25) is 0 Å². The second kappa shape index (κ2) is 6.13. The summed E-state index contributed by atoms with van der Waals surface area (Å²) in [6.07, 6.45) is 0. The van der Waals surface area contributed by atoms with Gasteiger partial charge in [-0.1, -0.05) is 0 Å². The van der Waals surface area contributed by atoms with Crippen LogP contribution in [0.3, 0.4) is 0 Å². The lowest BCUT2D eigenvalue weighted by Gasteiger charge is -2.12. The minimum Gasteiger partial charge on any atom is -0.493 e. The smallest absolute Gasteiger partial charge is 0.196 e. The first kappa shape index (κ1) is 15.3. The maximum atomic E-state index is 13.3. The summed E-state index contributed by atoms with van der Waals surface area (Å²) < 4.78 is 24.1. The maximum Gasteiger partial charge on any atom is 0.196 e. The van der Waals surface area contributed by atoms with Crippen LogP contribution >= 0.6 is 15.9 Å². The topological polar surface area (TPSA) is 61.5 Å². The van der Waals surface area contributed by atoms with E-state index >= 15 is 0 Å². The van der Waals surface area contributed by atoms with E-state index in [9.17, 15) is 9.18 Å². The first-order valence-corrected chi connectivity index (χ1v) is 6.78. The van der Waals surface area contributed by atoms with E-state index in [4.69, 9.17) is 15.2 Å². The normalized spacial score (nSPS) is 10.3. The average Bonchev–Trinajstić information content (AvgIpc) is 2.48. The number of rotatable bonds is 4. The molecule has 0 saturated heterocycles. The Bertz CT molecular complexity index is 704. The van der Waals surface area contributed by atoms with E-state index in [1.54, 1.807) is 6.07 Å². The van der Waals surface area contributed by atoms with Crippen molar-refractivity contribution in [1.82, 2.24) is 0 Å². The molecule has 0 bridgehead atoms. The van der Waals surface area contributed by atoms with Gasteiger partial charge in [-0.25, -0.2) is 4.39 Å². The Morgan fingerprint density at radius 3 is 2.33 bits per heavy atom. The van der Waals surface area contributed by atoms with Crippen LogP contribution in [0.25, 0.3) is 0 Å². The molecule has 2 aromatic rings. The van der Waals surface area contributed by atoms with Gasteiger partial charge in [-0.3, -0.25) is 4.79 Å². The fraction of sp³-hybridized carbons (Fsp3) is 0.133. The van der Waals surface area contributed by atoms with Gasteiger partial charge in [-0.05, 0) is 46.3 Å². The van der Waals surface area contributed by atoms with E-state index in [0.717, 1.165) is 6.07 Å². The first-order chi connectivity index (χ1) is 9.97. The Balaban J connectivity index is 2.55. The molecule has 0 spiro atoms. The van der Waals surface area contributed by atoms with Gasteiger partial charge in [0.15, 0.2) is 17.3 Å². The van der Waals surface area contributed by atoms with Gasteiger partial charge in [-0.2, -0.15) is 0 Å². The number of ketones is 1. The lowest BCUT2D eigenvalue weighted by atomic mass is 10.0. The lowest BCUT2D eigenvalue weighted by molar-refractivity contribution is 0.103. The molecule has 2 aromatic carbocycles. The molecule has 0 aliphatic rings. The van der Waals surface area contributed by atoms with Crippen molar-refractivity contribution < 1.29 is 18.7 Å². The number of anilines is 1. The van der Waals surface area contributed by atoms with Crippen LogP contribution in [0.5, 0.6) is 11.5 Å². The van der Waals surface area contributed by atoms with Crippen LogP contribution in [0.1, 0.15) is 15.9 Å². The highest BCUT2D eigenvalue weighted by Crippen LogP contribution is 2.34. The number of ether oxygens (including phenoxy) is 2. The van der Waals surface area contributed by atoms with Crippen molar-refractivity contribution >= 4 is 27.4 Å². The highest BCUT2D eigenvalue weighted by Gasteiger charge is 2.19.